The molecule has 5 nitrogen and oxygen atoms in total. The lowest BCUT2D eigenvalue weighted by molar-refractivity contribution is -0.144. The van der Waals surface area contributed by atoms with Crippen molar-refractivity contribution >= 4 is 11.6 Å². The molecule has 112 valence electrons. The topological polar surface area (TPSA) is 84.2 Å². The Morgan fingerprint density at radius 1 is 1.15 bits per heavy atom. The molecule has 0 radical (unpaired) electrons. The van der Waals surface area contributed by atoms with E-state index in [1.54, 1.807) is 4.90 Å². The van der Waals surface area contributed by atoms with E-state index < -0.39 is 24.4 Å². The first-order valence-electron chi connectivity index (χ1n) is 6.67. The smallest absolute Gasteiger partial charge is 0.109 e. The van der Waals surface area contributed by atoms with Gasteiger partial charge in [-0.3, -0.25) is 4.90 Å². The van der Waals surface area contributed by atoms with E-state index in [2.05, 4.69) is 0 Å². The van der Waals surface area contributed by atoms with E-state index in [1.165, 1.54) is 0 Å². The first kappa shape index (κ1) is 15.7. The third kappa shape index (κ3) is 3.31. The Kier molecular flexibility index (Phi) is 5.37. The van der Waals surface area contributed by atoms with Gasteiger partial charge in [-0.25, -0.2) is 0 Å². The van der Waals surface area contributed by atoms with E-state index in [-0.39, 0.29) is 13.2 Å². The lowest BCUT2D eigenvalue weighted by atomic mass is 9.94. The molecule has 6 heteroatoms. The molecule has 0 bridgehead atoms. The van der Waals surface area contributed by atoms with Gasteiger partial charge >= 0.3 is 0 Å². The standard InChI is InChI=1S/C14H20ClNO4/c15-10-4-2-1-3-9(10)5-6-16-7-12(18)14(20)13(19)11(16)8-17/h1-4,11-14,17-20H,5-8H2/t11-,12-,13+,14+/m0/s1. The lowest BCUT2D eigenvalue weighted by Gasteiger charge is -2.43. The molecular weight excluding hydrogens is 282 g/mol. The maximum absolute atomic E-state index is 9.89. The van der Waals surface area contributed by atoms with Crippen LogP contribution in [-0.2, 0) is 6.42 Å². The van der Waals surface area contributed by atoms with Gasteiger partial charge in [0, 0.05) is 18.1 Å². The van der Waals surface area contributed by atoms with E-state index in [9.17, 15) is 20.4 Å². The molecule has 2 rings (SSSR count). The Morgan fingerprint density at radius 3 is 2.50 bits per heavy atom. The molecule has 4 N–H and O–H groups in total. The average Bonchev–Trinajstić information content (AvgIpc) is 2.44. The Hall–Kier alpha value is -0.690. The highest BCUT2D eigenvalue weighted by molar-refractivity contribution is 6.31. The summed E-state index contributed by atoms with van der Waals surface area (Å²) in [6.45, 7) is 0.483. The number of aliphatic hydroxyl groups is 4. The molecular formula is C14H20ClNO4. The Bertz CT molecular complexity index is 445. The maximum Gasteiger partial charge on any atom is 0.109 e. The highest BCUT2D eigenvalue weighted by atomic mass is 35.5. The van der Waals surface area contributed by atoms with Crippen LogP contribution in [0.5, 0.6) is 0 Å². The van der Waals surface area contributed by atoms with Gasteiger partial charge < -0.3 is 20.4 Å². The number of β-amino-alcohol motifs (C(OH)–C–C–N with tert-alkyl or cyclic N) is 1. The summed E-state index contributed by atoms with van der Waals surface area (Å²) in [4.78, 5) is 1.78. The zero-order valence-electron chi connectivity index (χ0n) is 11.1. The predicted molar refractivity (Wildman–Crippen MR) is 75.6 cm³/mol. The second-order valence-electron chi connectivity index (χ2n) is 5.13. The van der Waals surface area contributed by atoms with E-state index in [1.807, 2.05) is 24.3 Å². The third-order valence-electron chi connectivity index (χ3n) is 3.84. The summed E-state index contributed by atoms with van der Waals surface area (Å²) in [6, 6.07) is 6.91. The van der Waals surface area contributed by atoms with Crippen molar-refractivity contribution in [2.24, 2.45) is 0 Å². The Balaban J connectivity index is 2.02. The molecule has 0 aliphatic carbocycles. The second kappa shape index (κ2) is 6.85. The monoisotopic (exact) mass is 301 g/mol. The van der Waals surface area contributed by atoms with Crippen molar-refractivity contribution in [3.05, 3.63) is 34.9 Å². The van der Waals surface area contributed by atoms with Crippen LogP contribution in [0, 0.1) is 0 Å². The average molecular weight is 302 g/mol. The summed E-state index contributed by atoms with van der Waals surface area (Å²) in [5.41, 5.74) is 0.973. The highest BCUT2D eigenvalue weighted by Gasteiger charge is 2.40. The molecule has 1 aromatic rings. The van der Waals surface area contributed by atoms with Gasteiger partial charge in [-0.2, -0.15) is 0 Å². The molecule has 1 heterocycles. The molecule has 0 aromatic heterocycles. The van der Waals surface area contributed by atoms with Crippen LogP contribution in [0.25, 0.3) is 0 Å². The number of halogens is 1. The first-order chi connectivity index (χ1) is 9.54. The molecule has 0 spiro atoms. The van der Waals surface area contributed by atoms with Crippen LogP contribution >= 0.6 is 11.6 Å². The minimum Gasteiger partial charge on any atom is -0.395 e. The van der Waals surface area contributed by atoms with Gasteiger partial charge in [-0.15, -0.1) is 0 Å². The van der Waals surface area contributed by atoms with Crippen molar-refractivity contribution in [1.29, 1.82) is 0 Å². The fourth-order valence-corrected chi connectivity index (χ4v) is 2.83. The van der Waals surface area contributed by atoms with Crippen molar-refractivity contribution in [1.82, 2.24) is 4.90 Å². The van der Waals surface area contributed by atoms with Gasteiger partial charge in [0.2, 0.25) is 0 Å². The zero-order valence-corrected chi connectivity index (χ0v) is 11.8. The summed E-state index contributed by atoms with van der Waals surface area (Å²) < 4.78 is 0. The van der Waals surface area contributed by atoms with Gasteiger partial charge in [-0.1, -0.05) is 29.8 Å². The van der Waals surface area contributed by atoms with Gasteiger partial charge in [0.1, 0.15) is 12.2 Å². The zero-order chi connectivity index (χ0) is 14.7. The Labute approximate surface area is 123 Å². The quantitative estimate of drug-likeness (QED) is 0.610. The van der Waals surface area contributed by atoms with Crippen LogP contribution in [0.3, 0.4) is 0 Å². The molecule has 0 saturated carbocycles. The van der Waals surface area contributed by atoms with Crippen LogP contribution < -0.4 is 0 Å². The largest absolute Gasteiger partial charge is 0.395 e. The summed E-state index contributed by atoms with van der Waals surface area (Å²) in [6.07, 6.45) is -2.75. The highest BCUT2D eigenvalue weighted by Crippen LogP contribution is 2.21. The van der Waals surface area contributed by atoms with E-state index in [0.717, 1.165) is 5.56 Å². The number of hydrogen-bond donors (Lipinski definition) is 4. The molecule has 0 amide bonds. The number of benzene rings is 1. The van der Waals surface area contributed by atoms with Crippen LogP contribution in [0.4, 0.5) is 0 Å². The number of rotatable bonds is 4. The third-order valence-corrected chi connectivity index (χ3v) is 4.21. The van der Waals surface area contributed by atoms with E-state index >= 15 is 0 Å². The summed E-state index contributed by atoms with van der Waals surface area (Å²) >= 11 is 6.09. The molecule has 1 saturated heterocycles. The maximum atomic E-state index is 9.89. The van der Waals surface area contributed by atoms with Crippen LogP contribution in [0.2, 0.25) is 5.02 Å². The minimum atomic E-state index is -1.22. The molecule has 20 heavy (non-hydrogen) atoms. The molecule has 1 aliphatic rings. The number of aliphatic hydroxyl groups excluding tert-OH is 4. The molecule has 4 atom stereocenters. The molecule has 0 unspecified atom stereocenters. The van der Waals surface area contributed by atoms with Crippen LogP contribution in [-0.4, -0.2) is 69.4 Å². The van der Waals surface area contributed by atoms with Gasteiger partial charge in [0.05, 0.1) is 18.8 Å². The molecule has 1 aliphatic heterocycles. The summed E-state index contributed by atoms with van der Waals surface area (Å²) in [7, 11) is 0. The van der Waals surface area contributed by atoms with E-state index in [0.29, 0.717) is 18.0 Å². The van der Waals surface area contributed by atoms with Crippen molar-refractivity contribution in [2.75, 3.05) is 19.7 Å². The van der Waals surface area contributed by atoms with Gasteiger partial charge in [0.15, 0.2) is 0 Å². The van der Waals surface area contributed by atoms with Gasteiger partial charge in [-0.05, 0) is 18.1 Å². The van der Waals surface area contributed by atoms with Crippen molar-refractivity contribution < 1.29 is 20.4 Å². The fraction of sp³-hybridized carbons (Fsp3) is 0.571. The summed E-state index contributed by atoms with van der Waals surface area (Å²) in [5, 5.41) is 39.3. The Morgan fingerprint density at radius 2 is 1.85 bits per heavy atom. The molecule has 1 aromatic carbocycles. The summed E-state index contributed by atoms with van der Waals surface area (Å²) in [5.74, 6) is 0. The van der Waals surface area contributed by atoms with Crippen molar-refractivity contribution in [2.45, 2.75) is 30.8 Å². The second-order valence-corrected chi connectivity index (χ2v) is 5.54. The lowest BCUT2D eigenvalue weighted by Crippen LogP contribution is -2.62. The first-order valence-corrected chi connectivity index (χ1v) is 7.05. The number of likely N-dealkylation sites (tertiary alicyclic amines) is 1. The van der Waals surface area contributed by atoms with E-state index in [4.69, 9.17) is 11.6 Å². The van der Waals surface area contributed by atoms with Crippen LogP contribution in [0.15, 0.2) is 24.3 Å². The van der Waals surface area contributed by atoms with Crippen molar-refractivity contribution in [3.8, 4) is 0 Å². The van der Waals surface area contributed by atoms with Crippen molar-refractivity contribution in [3.63, 3.8) is 0 Å². The normalized spacial score (nSPS) is 31.4. The number of hydrogen-bond acceptors (Lipinski definition) is 5. The SMILES string of the molecule is OC[C@H]1[C@@H](O)[C@H](O)[C@@H](O)CN1CCc1ccccc1Cl. The fourth-order valence-electron chi connectivity index (χ4n) is 2.60. The van der Waals surface area contributed by atoms with Crippen LogP contribution in [0.1, 0.15) is 5.56 Å². The number of piperidine rings is 1. The number of nitrogens with zero attached hydrogens (tertiary/aromatic N) is 1. The molecule has 1 fully saturated rings. The minimum absolute atomic E-state index is 0.216. The predicted octanol–water partition coefficient (Wildman–Crippen LogP) is -0.358. The van der Waals surface area contributed by atoms with Gasteiger partial charge in [0.25, 0.3) is 0 Å².